The molecule has 1 heterocycles. The van der Waals surface area contributed by atoms with Crippen molar-refractivity contribution in [3.05, 3.63) is 45.1 Å². The molecule has 0 spiro atoms. The van der Waals surface area contributed by atoms with Gasteiger partial charge >= 0.3 is 17.7 Å². The normalized spacial score (nSPS) is 20.8. The van der Waals surface area contributed by atoms with Gasteiger partial charge in [0.15, 0.2) is 5.75 Å². The van der Waals surface area contributed by atoms with Gasteiger partial charge in [0.05, 0.1) is 16.5 Å². The SMILES string of the molecule is CC1=C(C(=O)OC2CCCCCC2)[C@@H](c2ccc(O)c([N+](=O)[O-])c2)NC(=O)N1. The van der Waals surface area contributed by atoms with E-state index in [1.54, 1.807) is 6.92 Å². The van der Waals surface area contributed by atoms with Crippen molar-refractivity contribution in [3.63, 3.8) is 0 Å². The van der Waals surface area contributed by atoms with Crippen molar-refractivity contribution in [2.75, 3.05) is 0 Å². The molecule has 0 saturated heterocycles. The first kappa shape index (κ1) is 19.7. The van der Waals surface area contributed by atoms with Crippen LogP contribution in [0.1, 0.15) is 57.1 Å². The van der Waals surface area contributed by atoms with Crippen molar-refractivity contribution in [1.82, 2.24) is 10.6 Å². The number of benzene rings is 1. The van der Waals surface area contributed by atoms with Crippen LogP contribution in [0.25, 0.3) is 0 Å². The molecule has 3 N–H and O–H groups in total. The summed E-state index contributed by atoms with van der Waals surface area (Å²) >= 11 is 0. The largest absolute Gasteiger partial charge is 0.502 e. The van der Waals surface area contributed by atoms with Crippen molar-refractivity contribution in [2.24, 2.45) is 0 Å². The van der Waals surface area contributed by atoms with Crippen molar-refractivity contribution in [3.8, 4) is 5.75 Å². The summed E-state index contributed by atoms with van der Waals surface area (Å²) in [6, 6.07) is 2.32. The van der Waals surface area contributed by atoms with Crippen LogP contribution in [-0.4, -0.2) is 28.1 Å². The highest BCUT2D eigenvalue weighted by Crippen LogP contribution is 2.34. The minimum Gasteiger partial charge on any atom is -0.502 e. The summed E-state index contributed by atoms with van der Waals surface area (Å²) in [4.78, 5) is 35.3. The van der Waals surface area contributed by atoms with Gasteiger partial charge in [-0.05, 0) is 44.2 Å². The Kier molecular flexibility index (Phi) is 5.81. The molecule has 0 bridgehead atoms. The minimum absolute atomic E-state index is 0.178. The van der Waals surface area contributed by atoms with E-state index in [1.165, 1.54) is 12.1 Å². The number of esters is 1. The van der Waals surface area contributed by atoms with Crippen molar-refractivity contribution in [1.29, 1.82) is 0 Å². The smallest absolute Gasteiger partial charge is 0.338 e. The number of carbonyl (C=O) groups is 2. The Bertz CT molecular complexity index is 827. The van der Waals surface area contributed by atoms with E-state index in [2.05, 4.69) is 10.6 Å². The quantitative estimate of drug-likeness (QED) is 0.314. The summed E-state index contributed by atoms with van der Waals surface area (Å²) in [6.45, 7) is 1.59. The Balaban J connectivity index is 1.91. The van der Waals surface area contributed by atoms with Crippen LogP contribution in [0.15, 0.2) is 29.5 Å². The average molecular weight is 389 g/mol. The standard InChI is InChI=1S/C19H23N3O6/c1-11-16(18(24)28-13-6-4-2-3-5-7-13)17(21-19(25)20-11)12-8-9-15(23)14(10-12)22(26)27/h8-10,13,17,23H,2-7H2,1H3,(H2,20,21,25)/t17-/m1/s1. The Hall–Kier alpha value is -3.10. The van der Waals surface area contributed by atoms with E-state index < -0.39 is 34.4 Å². The molecule has 1 atom stereocenters. The maximum atomic E-state index is 12.9. The number of hydrogen-bond acceptors (Lipinski definition) is 6. The Morgan fingerprint density at radius 2 is 1.93 bits per heavy atom. The van der Waals surface area contributed by atoms with Crippen LogP contribution in [-0.2, 0) is 9.53 Å². The number of phenolic OH excluding ortho intramolecular Hbond substituents is 1. The fourth-order valence-corrected chi connectivity index (χ4v) is 3.66. The van der Waals surface area contributed by atoms with E-state index in [1.807, 2.05) is 0 Å². The van der Waals surface area contributed by atoms with Crippen LogP contribution in [0.5, 0.6) is 5.75 Å². The van der Waals surface area contributed by atoms with Gasteiger partial charge in [-0.3, -0.25) is 10.1 Å². The Morgan fingerprint density at radius 3 is 2.57 bits per heavy atom. The van der Waals surface area contributed by atoms with E-state index in [9.17, 15) is 24.8 Å². The molecule has 2 amide bonds. The van der Waals surface area contributed by atoms with Crippen LogP contribution in [0.2, 0.25) is 0 Å². The van der Waals surface area contributed by atoms with Crippen molar-refractivity contribution < 1.29 is 24.4 Å². The first-order valence-electron chi connectivity index (χ1n) is 9.33. The summed E-state index contributed by atoms with van der Waals surface area (Å²) in [5.74, 6) is -1.05. The summed E-state index contributed by atoms with van der Waals surface area (Å²) < 4.78 is 5.70. The van der Waals surface area contributed by atoms with Gasteiger partial charge in [-0.25, -0.2) is 9.59 Å². The Labute approximate surface area is 161 Å². The number of rotatable bonds is 4. The summed E-state index contributed by atoms with van der Waals surface area (Å²) in [7, 11) is 0. The highest BCUT2D eigenvalue weighted by molar-refractivity contribution is 5.95. The second kappa shape index (κ2) is 8.28. The molecule has 2 aliphatic rings. The van der Waals surface area contributed by atoms with Gasteiger partial charge in [-0.15, -0.1) is 0 Å². The molecule has 0 unspecified atom stereocenters. The molecule has 3 rings (SSSR count). The monoisotopic (exact) mass is 389 g/mol. The number of urea groups is 1. The molecular weight excluding hydrogens is 366 g/mol. The number of nitrogens with zero attached hydrogens (tertiary/aromatic N) is 1. The van der Waals surface area contributed by atoms with E-state index in [0.29, 0.717) is 11.3 Å². The number of allylic oxidation sites excluding steroid dienone is 1. The number of phenols is 1. The number of nitro groups is 1. The number of ether oxygens (including phenoxy) is 1. The van der Waals surface area contributed by atoms with Gasteiger partial charge in [0.25, 0.3) is 0 Å². The highest BCUT2D eigenvalue weighted by Gasteiger charge is 2.34. The second-order valence-electron chi connectivity index (χ2n) is 7.09. The average Bonchev–Trinajstić information content (AvgIpc) is 2.89. The van der Waals surface area contributed by atoms with Gasteiger partial charge in [-0.1, -0.05) is 18.9 Å². The number of aromatic hydroxyl groups is 1. The number of amides is 2. The molecule has 9 nitrogen and oxygen atoms in total. The fourth-order valence-electron chi connectivity index (χ4n) is 3.66. The van der Waals surface area contributed by atoms with Crippen LogP contribution in [0.3, 0.4) is 0 Å². The maximum absolute atomic E-state index is 12.9. The first-order valence-corrected chi connectivity index (χ1v) is 9.33. The van der Waals surface area contributed by atoms with Gasteiger partial charge in [0.1, 0.15) is 6.10 Å². The lowest BCUT2D eigenvalue weighted by Gasteiger charge is -2.29. The molecule has 1 aromatic carbocycles. The second-order valence-corrected chi connectivity index (χ2v) is 7.09. The third-order valence-corrected chi connectivity index (χ3v) is 5.09. The third-order valence-electron chi connectivity index (χ3n) is 5.09. The van der Waals surface area contributed by atoms with Crippen LogP contribution >= 0.6 is 0 Å². The lowest BCUT2D eigenvalue weighted by atomic mass is 9.95. The van der Waals surface area contributed by atoms with Crippen molar-refractivity contribution in [2.45, 2.75) is 57.6 Å². The molecular formula is C19H23N3O6. The van der Waals surface area contributed by atoms with Gasteiger partial charge in [0.2, 0.25) is 0 Å². The van der Waals surface area contributed by atoms with Gasteiger partial charge in [0, 0.05) is 11.8 Å². The molecule has 150 valence electrons. The summed E-state index contributed by atoms with van der Waals surface area (Å²) in [5.41, 5.74) is 0.345. The topological polar surface area (TPSA) is 131 Å². The molecule has 1 aromatic rings. The molecule has 9 heteroatoms. The van der Waals surface area contributed by atoms with Crippen molar-refractivity contribution >= 4 is 17.7 Å². The van der Waals surface area contributed by atoms with E-state index >= 15 is 0 Å². The van der Waals surface area contributed by atoms with Crippen LogP contribution < -0.4 is 10.6 Å². The molecule has 0 aromatic heterocycles. The lowest BCUT2D eigenvalue weighted by molar-refractivity contribution is -0.385. The number of nitrogens with one attached hydrogen (secondary N) is 2. The fraction of sp³-hybridized carbons (Fsp3) is 0.474. The predicted octanol–water partition coefficient (Wildman–Crippen LogP) is 3.19. The Morgan fingerprint density at radius 1 is 1.25 bits per heavy atom. The van der Waals surface area contributed by atoms with E-state index in [4.69, 9.17) is 4.74 Å². The number of nitro benzene ring substituents is 1. The third kappa shape index (κ3) is 4.24. The predicted molar refractivity (Wildman–Crippen MR) is 99.5 cm³/mol. The first-order chi connectivity index (χ1) is 13.4. The zero-order valence-corrected chi connectivity index (χ0v) is 15.6. The van der Waals surface area contributed by atoms with E-state index in [-0.39, 0.29) is 11.7 Å². The molecule has 28 heavy (non-hydrogen) atoms. The lowest BCUT2D eigenvalue weighted by Crippen LogP contribution is -2.45. The number of carbonyl (C=O) groups excluding carboxylic acids is 2. The molecule has 1 fully saturated rings. The zero-order chi connectivity index (χ0) is 20.3. The molecule has 1 saturated carbocycles. The molecule has 1 aliphatic heterocycles. The minimum atomic E-state index is -0.911. The maximum Gasteiger partial charge on any atom is 0.338 e. The van der Waals surface area contributed by atoms with Gasteiger partial charge in [-0.2, -0.15) is 0 Å². The number of hydrogen-bond donors (Lipinski definition) is 3. The molecule has 1 aliphatic carbocycles. The molecule has 0 radical (unpaired) electrons. The van der Waals surface area contributed by atoms with Gasteiger partial charge < -0.3 is 20.5 Å². The summed E-state index contributed by atoms with van der Waals surface area (Å²) in [5, 5.41) is 26.0. The van der Waals surface area contributed by atoms with Crippen LogP contribution in [0.4, 0.5) is 10.5 Å². The zero-order valence-electron chi connectivity index (χ0n) is 15.6. The summed E-state index contributed by atoms with van der Waals surface area (Å²) in [6.07, 6.45) is 5.65. The van der Waals surface area contributed by atoms with Crippen LogP contribution in [0, 0.1) is 10.1 Å². The van der Waals surface area contributed by atoms with E-state index in [0.717, 1.165) is 44.6 Å². The highest BCUT2D eigenvalue weighted by atomic mass is 16.6.